The number of carbonyl (C=O) groups is 1. The molecule has 2 aliphatic rings. The molecule has 22 heavy (non-hydrogen) atoms. The van der Waals surface area contributed by atoms with E-state index in [0.29, 0.717) is 24.7 Å². The summed E-state index contributed by atoms with van der Waals surface area (Å²) in [6, 6.07) is -0.172. The van der Waals surface area contributed by atoms with Crippen LogP contribution in [0.3, 0.4) is 0 Å². The van der Waals surface area contributed by atoms with Gasteiger partial charge in [0, 0.05) is 19.1 Å². The fourth-order valence-electron chi connectivity index (χ4n) is 3.57. The topological polar surface area (TPSA) is 82.7 Å². The zero-order chi connectivity index (χ0) is 15.9. The lowest BCUT2D eigenvalue weighted by Crippen LogP contribution is -2.54. The van der Waals surface area contributed by atoms with Crippen molar-refractivity contribution < 1.29 is 14.4 Å². The number of amides is 1. The van der Waals surface area contributed by atoms with Gasteiger partial charge in [0.05, 0.1) is 18.2 Å². The molecule has 2 fully saturated rings. The Morgan fingerprint density at radius 3 is 2.77 bits per heavy atom. The molecular formula is C15H24N4O3. The monoisotopic (exact) mass is 308 g/mol. The number of β-amino-alcohol motifs (C(OH)–C–C–N with tert-alkyl or cyclic N) is 1. The van der Waals surface area contributed by atoms with Crippen LogP contribution >= 0.6 is 0 Å². The summed E-state index contributed by atoms with van der Waals surface area (Å²) in [7, 11) is 0. The lowest BCUT2D eigenvalue weighted by Gasteiger charge is -2.40. The summed E-state index contributed by atoms with van der Waals surface area (Å²) in [5.41, 5.74) is 0. The summed E-state index contributed by atoms with van der Waals surface area (Å²) in [6.45, 7) is 7.15. The van der Waals surface area contributed by atoms with E-state index in [0.717, 1.165) is 19.4 Å². The van der Waals surface area contributed by atoms with Crippen LogP contribution in [-0.2, 0) is 4.79 Å². The van der Waals surface area contributed by atoms with E-state index in [9.17, 15) is 9.90 Å². The number of likely N-dealkylation sites (tertiary alicyclic amines) is 2. The Morgan fingerprint density at radius 1 is 1.36 bits per heavy atom. The van der Waals surface area contributed by atoms with Crippen LogP contribution in [0.4, 0.5) is 0 Å². The van der Waals surface area contributed by atoms with Crippen LogP contribution in [0.5, 0.6) is 0 Å². The van der Waals surface area contributed by atoms with Crippen LogP contribution in [0.25, 0.3) is 0 Å². The van der Waals surface area contributed by atoms with Crippen molar-refractivity contribution >= 4 is 5.91 Å². The summed E-state index contributed by atoms with van der Waals surface area (Å²) in [4.78, 5) is 21.1. The average Bonchev–Trinajstić information content (AvgIpc) is 3.04. The van der Waals surface area contributed by atoms with Gasteiger partial charge in [0.15, 0.2) is 5.82 Å². The molecule has 1 aromatic rings. The summed E-state index contributed by atoms with van der Waals surface area (Å²) in [5, 5.41) is 13.9. The second-order valence-corrected chi connectivity index (χ2v) is 6.57. The Balaban J connectivity index is 1.83. The molecule has 0 saturated carbocycles. The van der Waals surface area contributed by atoms with Crippen molar-refractivity contribution in [3.8, 4) is 0 Å². The standard InChI is InChI=1S/C15H24N4O3/c1-9(2)18-6-4-5-12(15(18)21)19-8-11(20)7-13(19)14-16-10(3)17-22-14/h9,11-13,20H,4-8H2,1-3H3/t11-,12?,13-/m1/s1. The first kappa shape index (κ1) is 15.4. The fourth-order valence-corrected chi connectivity index (χ4v) is 3.57. The third-order valence-electron chi connectivity index (χ3n) is 4.61. The van der Waals surface area contributed by atoms with Crippen molar-refractivity contribution in [3.63, 3.8) is 0 Å². The highest BCUT2D eigenvalue weighted by molar-refractivity contribution is 5.83. The van der Waals surface area contributed by atoms with Gasteiger partial charge in [-0.2, -0.15) is 4.98 Å². The molecule has 1 unspecified atom stereocenters. The number of hydrogen-bond donors (Lipinski definition) is 1. The van der Waals surface area contributed by atoms with Gasteiger partial charge < -0.3 is 14.5 Å². The molecule has 0 radical (unpaired) electrons. The van der Waals surface area contributed by atoms with E-state index in [1.807, 2.05) is 18.7 Å². The maximum Gasteiger partial charge on any atom is 0.244 e. The van der Waals surface area contributed by atoms with Crippen molar-refractivity contribution in [2.24, 2.45) is 0 Å². The maximum absolute atomic E-state index is 12.8. The van der Waals surface area contributed by atoms with E-state index in [1.165, 1.54) is 0 Å². The summed E-state index contributed by atoms with van der Waals surface area (Å²) >= 11 is 0. The zero-order valence-corrected chi connectivity index (χ0v) is 13.4. The normalized spacial score (nSPS) is 30.5. The minimum absolute atomic E-state index is 0.150. The number of aliphatic hydroxyl groups excluding tert-OH is 1. The minimum atomic E-state index is -0.459. The molecular weight excluding hydrogens is 284 g/mol. The molecule has 122 valence electrons. The van der Waals surface area contributed by atoms with Gasteiger partial charge in [-0.25, -0.2) is 0 Å². The number of rotatable bonds is 3. The quantitative estimate of drug-likeness (QED) is 0.893. The SMILES string of the molecule is Cc1noc([C@H]2C[C@@H](O)CN2C2CCCN(C(C)C)C2=O)n1. The van der Waals surface area contributed by atoms with Crippen molar-refractivity contribution in [1.29, 1.82) is 0 Å². The van der Waals surface area contributed by atoms with Gasteiger partial charge in [0.25, 0.3) is 0 Å². The molecule has 0 spiro atoms. The lowest BCUT2D eigenvalue weighted by molar-refractivity contribution is -0.142. The van der Waals surface area contributed by atoms with E-state index >= 15 is 0 Å². The number of nitrogens with zero attached hydrogens (tertiary/aromatic N) is 4. The van der Waals surface area contributed by atoms with E-state index in [1.54, 1.807) is 6.92 Å². The van der Waals surface area contributed by atoms with Crippen molar-refractivity contribution in [3.05, 3.63) is 11.7 Å². The Kier molecular flexibility index (Phi) is 4.18. The van der Waals surface area contributed by atoms with Gasteiger partial charge in [-0.15, -0.1) is 0 Å². The second kappa shape index (κ2) is 5.96. The van der Waals surface area contributed by atoms with Gasteiger partial charge in [-0.1, -0.05) is 5.16 Å². The molecule has 0 bridgehead atoms. The summed E-state index contributed by atoms with van der Waals surface area (Å²) in [5.74, 6) is 1.23. The second-order valence-electron chi connectivity index (χ2n) is 6.57. The van der Waals surface area contributed by atoms with Gasteiger partial charge in [0.1, 0.15) is 0 Å². The van der Waals surface area contributed by atoms with Gasteiger partial charge in [-0.05, 0) is 40.0 Å². The highest BCUT2D eigenvalue weighted by Crippen LogP contribution is 2.35. The first-order chi connectivity index (χ1) is 10.5. The fraction of sp³-hybridized carbons (Fsp3) is 0.800. The molecule has 0 aliphatic carbocycles. The number of aliphatic hydroxyl groups is 1. The lowest BCUT2D eigenvalue weighted by atomic mass is 10.0. The van der Waals surface area contributed by atoms with Crippen molar-refractivity contribution in [1.82, 2.24) is 19.9 Å². The Bertz CT molecular complexity index is 545. The van der Waals surface area contributed by atoms with Crippen LogP contribution in [0.15, 0.2) is 4.52 Å². The third kappa shape index (κ3) is 2.75. The molecule has 2 saturated heterocycles. The molecule has 7 heteroatoms. The Morgan fingerprint density at radius 2 is 2.14 bits per heavy atom. The number of aryl methyl sites for hydroxylation is 1. The van der Waals surface area contributed by atoms with Gasteiger partial charge in [0.2, 0.25) is 11.8 Å². The molecule has 3 heterocycles. The van der Waals surface area contributed by atoms with Crippen LogP contribution < -0.4 is 0 Å². The predicted octanol–water partition coefficient (Wildman–Crippen LogP) is 0.885. The van der Waals surface area contributed by atoms with Crippen LogP contribution in [-0.4, -0.2) is 62.2 Å². The third-order valence-corrected chi connectivity index (χ3v) is 4.61. The number of aromatic nitrogens is 2. The van der Waals surface area contributed by atoms with E-state index in [4.69, 9.17) is 4.52 Å². The zero-order valence-electron chi connectivity index (χ0n) is 13.4. The largest absolute Gasteiger partial charge is 0.392 e. The first-order valence-corrected chi connectivity index (χ1v) is 8.02. The van der Waals surface area contributed by atoms with Crippen LogP contribution in [0, 0.1) is 6.92 Å². The highest BCUT2D eigenvalue weighted by Gasteiger charge is 2.44. The number of piperidine rings is 1. The molecule has 7 nitrogen and oxygen atoms in total. The minimum Gasteiger partial charge on any atom is -0.392 e. The first-order valence-electron chi connectivity index (χ1n) is 8.02. The molecule has 3 rings (SSSR count). The molecule has 1 N–H and O–H groups in total. The predicted molar refractivity (Wildman–Crippen MR) is 79.0 cm³/mol. The Labute approximate surface area is 130 Å². The van der Waals surface area contributed by atoms with Crippen molar-refractivity contribution in [2.45, 2.75) is 64.3 Å². The molecule has 1 aromatic heterocycles. The van der Waals surface area contributed by atoms with E-state index < -0.39 is 6.10 Å². The molecule has 3 atom stereocenters. The number of carbonyl (C=O) groups excluding carboxylic acids is 1. The van der Waals surface area contributed by atoms with Crippen LogP contribution in [0.2, 0.25) is 0 Å². The average molecular weight is 308 g/mol. The Hall–Kier alpha value is -1.47. The van der Waals surface area contributed by atoms with E-state index in [-0.39, 0.29) is 24.0 Å². The maximum atomic E-state index is 12.8. The van der Waals surface area contributed by atoms with Gasteiger partial charge >= 0.3 is 0 Å². The molecule has 0 aromatic carbocycles. The van der Waals surface area contributed by atoms with Crippen molar-refractivity contribution in [2.75, 3.05) is 13.1 Å². The highest BCUT2D eigenvalue weighted by atomic mass is 16.5. The molecule has 1 amide bonds. The van der Waals surface area contributed by atoms with Gasteiger partial charge in [-0.3, -0.25) is 9.69 Å². The summed E-state index contributed by atoms with van der Waals surface area (Å²) < 4.78 is 5.29. The summed E-state index contributed by atoms with van der Waals surface area (Å²) in [6.07, 6.45) is 1.88. The van der Waals surface area contributed by atoms with Crippen LogP contribution in [0.1, 0.15) is 50.9 Å². The smallest absolute Gasteiger partial charge is 0.244 e. The number of hydrogen-bond acceptors (Lipinski definition) is 6. The van der Waals surface area contributed by atoms with E-state index in [2.05, 4.69) is 15.0 Å². The molecule has 2 aliphatic heterocycles.